The first-order chi connectivity index (χ1) is 14.5. The van der Waals surface area contributed by atoms with E-state index in [0.717, 1.165) is 11.1 Å². The van der Waals surface area contributed by atoms with Gasteiger partial charge in [-0.05, 0) is 37.1 Å². The van der Waals surface area contributed by atoms with E-state index < -0.39 is 17.4 Å². The third kappa shape index (κ3) is 3.18. The van der Waals surface area contributed by atoms with E-state index in [2.05, 4.69) is 5.32 Å². The predicted molar refractivity (Wildman–Crippen MR) is 114 cm³/mol. The molecule has 0 unspecified atom stereocenters. The second-order valence-electron chi connectivity index (χ2n) is 7.72. The monoisotopic (exact) mass is 404 g/mol. The Morgan fingerprint density at radius 3 is 2.60 bits per heavy atom. The zero-order chi connectivity index (χ0) is 21.3. The fourth-order valence-corrected chi connectivity index (χ4v) is 4.57. The average Bonchev–Trinajstić information content (AvgIpc) is 3.08. The van der Waals surface area contributed by atoms with Gasteiger partial charge in [-0.25, -0.2) is 0 Å². The van der Waals surface area contributed by atoms with Crippen LogP contribution in [-0.4, -0.2) is 41.4 Å². The summed E-state index contributed by atoms with van der Waals surface area (Å²) in [6.07, 6.45) is 3.17. The summed E-state index contributed by atoms with van der Waals surface area (Å²) in [4.78, 5) is 40.7. The SMILES string of the molecule is CCOC(=O)[C@H]1CN(C(=O)/C=C/c2ccccc2)[C@]2(C)C(=O)Nc3ccccc3[C@H]12. The number of carbonyl (C=O) groups excluding carboxylic acids is 3. The summed E-state index contributed by atoms with van der Waals surface area (Å²) in [5, 5.41) is 2.91. The molecule has 2 heterocycles. The van der Waals surface area contributed by atoms with Gasteiger partial charge in [0.15, 0.2) is 0 Å². The van der Waals surface area contributed by atoms with Crippen molar-refractivity contribution in [1.82, 2.24) is 4.90 Å². The van der Waals surface area contributed by atoms with Crippen molar-refractivity contribution in [1.29, 1.82) is 0 Å². The molecule has 0 saturated carbocycles. The third-order valence-electron chi connectivity index (χ3n) is 6.03. The molecule has 1 saturated heterocycles. The maximum absolute atomic E-state index is 13.2. The lowest BCUT2D eigenvalue weighted by Crippen LogP contribution is -2.57. The Bertz CT molecular complexity index is 1020. The van der Waals surface area contributed by atoms with Crippen LogP contribution >= 0.6 is 0 Å². The van der Waals surface area contributed by atoms with Gasteiger partial charge < -0.3 is 15.0 Å². The molecule has 0 aliphatic carbocycles. The summed E-state index contributed by atoms with van der Waals surface area (Å²) in [7, 11) is 0. The Labute approximate surface area is 175 Å². The number of likely N-dealkylation sites (tertiary alicyclic amines) is 1. The van der Waals surface area contributed by atoms with Crippen molar-refractivity contribution in [3.8, 4) is 0 Å². The van der Waals surface area contributed by atoms with E-state index in [-0.39, 0.29) is 30.9 Å². The van der Waals surface area contributed by atoms with Crippen molar-refractivity contribution >= 4 is 29.5 Å². The van der Waals surface area contributed by atoms with Gasteiger partial charge in [0, 0.05) is 24.2 Å². The van der Waals surface area contributed by atoms with Crippen LogP contribution in [0.4, 0.5) is 5.69 Å². The molecular formula is C24H24N2O4. The minimum atomic E-state index is -1.19. The standard InChI is InChI=1S/C24H24N2O4/c1-3-30-22(28)18-15-26(20(27)14-13-16-9-5-4-6-10-16)24(2)21(18)17-11-7-8-12-19(17)25-23(24)29/h4-14,18,21H,3,15H2,1-2H3,(H,25,29)/b14-13+/t18-,21+,24-/m0/s1. The first-order valence-electron chi connectivity index (χ1n) is 10.1. The molecule has 0 bridgehead atoms. The second-order valence-corrected chi connectivity index (χ2v) is 7.72. The summed E-state index contributed by atoms with van der Waals surface area (Å²) >= 11 is 0. The lowest BCUT2D eigenvalue weighted by molar-refractivity contribution is -0.148. The number of nitrogens with zero attached hydrogens (tertiary/aromatic N) is 1. The Morgan fingerprint density at radius 2 is 1.87 bits per heavy atom. The summed E-state index contributed by atoms with van der Waals surface area (Å²) in [6.45, 7) is 3.85. The van der Waals surface area contributed by atoms with Crippen LogP contribution in [-0.2, 0) is 19.1 Å². The molecule has 3 atom stereocenters. The lowest BCUT2D eigenvalue weighted by Gasteiger charge is -2.41. The topological polar surface area (TPSA) is 75.7 Å². The molecule has 2 aromatic carbocycles. The average molecular weight is 404 g/mol. The number of carbonyl (C=O) groups is 3. The molecule has 4 rings (SSSR count). The quantitative estimate of drug-likeness (QED) is 0.627. The zero-order valence-corrected chi connectivity index (χ0v) is 17.0. The summed E-state index contributed by atoms with van der Waals surface area (Å²) in [5.41, 5.74) is 1.21. The minimum absolute atomic E-state index is 0.125. The van der Waals surface area contributed by atoms with Crippen molar-refractivity contribution in [3.05, 3.63) is 71.8 Å². The molecule has 154 valence electrons. The molecule has 2 amide bonds. The van der Waals surface area contributed by atoms with Crippen molar-refractivity contribution in [2.24, 2.45) is 5.92 Å². The summed E-state index contributed by atoms with van der Waals surface area (Å²) in [5.74, 6) is -2.08. The number of anilines is 1. The smallest absolute Gasteiger partial charge is 0.311 e. The Balaban J connectivity index is 1.74. The van der Waals surface area contributed by atoms with E-state index >= 15 is 0 Å². The highest BCUT2D eigenvalue weighted by Crippen LogP contribution is 2.51. The molecule has 2 aromatic rings. The van der Waals surface area contributed by atoms with Gasteiger partial charge in [-0.15, -0.1) is 0 Å². The van der Waals surface area contributed by atoms with Gasteiger partial charge in [0.05, 0.1) is 12.5 Å². The second kappa shape index (κ2) is 7.78. The van der Waals surface area contributed by atoms with Crippen LogP contribution in [0.2, 0.25) is 0 Å². The number of fused-ring (bicyclic) bond motifs is 3. The lowest BCUT2D eigenvalue weighted by atomic mass is 9.73. The van der Waals surface area contributed by atoms with Gasteiger partial charge >= 0.3 is 5.97 Å². The highest BCUT2D eigenvalue weighted by atomic mass is 16.5. The molecule has 0 radical (unpaired) electrons. The van der Waals surface area contributed by atoms with E-state index in [1.54, 1.807) is 19.9 Å². The first kappa shape index (κ1) is 19.9. The summed E-state index contributed by atoms with van der Waals surface area (Å²) in [6, 6.07) is 16.9. The van der Waals surface area contributed by atoms with Crippen LogP contribution in [0, 0.1) is 5.92 Å². The van der Waals surface area contributed by atoms with Crippen LogP contribution in [0.5, 0.6) is 0 Å². The molecule has 2 aliphatic heterocycles. The maximum Gasteiger partial charge on any atom is 0.311 e. The van der Waals surface area contributed by atoms with Gasteiger partial charge in [0.2, 0.25) is 5.91 Å². The number of ether oxygens (including phenoxy) is 1. The first-order valence-corrected chi connectivity index (χ1v) is 10.1. The molecule has 0 spiro atoms. The van der Waals surface area contributed by atoms with Crippen molar-refractivity contribution in [2.45, 2.75) is 25.3 Å². The fraction of sp³-hybridized carbons (Fsp3) is 0.292. The highest BCUT2D eigenvalue weighted by Gasteiger charge is 2.61. The predicted octanol–water partition coefficient (Wildman–Crippen LogP) is 3.22. The largest absolute Gasteiger partial charge is 0.466 e. The number of esters is 1. The maximum atomic E-state index is 13.2. The van der Waals surface area contributed by atoms with Crippen LogP contribution in [0.3, 0.4) is 0 Å². The summed E-state index contributed by atoms with van der Waals surface area (Å²) < 4.78 is 5.30. The zero-order valence-electron chi connectivity index (χ0n) is 17.0. The van der Waals surface area contributed by atoms with Gasteiger partial charge in [0.25, 0.3) is 5.91 Å². The van der Waals surface area contributed by atoms with E-state index in [9.17, 15) is 14.4 Å². The van der Waals surface area contributed by atoms with E-state index in [1.807, 2.05) is 54.6 Å². The van der Waals surface area contributed by atoms with Gasteiger partial charge in [0.1, 0.15) is 5.54 Å². The number of amides is 2. The van der Waals surface area contributed by atoms with E-state index in [0.29, 0.717) is 5.69 Å². The fourth-order valence-electron chi connectivity index (χ4n) is 4.57. The number of para-hydroxylation sites is 1. The van der Waals surface area contributed by atoms with Crippen molar-refractivity contribution in [2.75, 3.05) is 18.5 Å². The molecule has 6 heteroatoms. The Kier molecular flexibility index (Phi) is 5.16. The van der Waals surface area contributed by atoms with E-state index in [4.69, 9.17) is 4.74 Å². The van der Waals surface area contributed by atoms with Gasteiger partial charge in [-0.1, -0.05) is 48.5 Å². The molecule has 1 fully saturated rings. The van der Waals surface area contributed by atoms with Crippen molar-refractivity contribution < 1.29 is 19.1 Å². The number of nitrogens with one attached hydrogen (secondary N) is 1. The van der Waals surface area contributed by atoms with Crippen LogP contribution in [0.25, 0.3) is 6.08 Å². The third-order valence-corrected chi connectivity index (χ3v) is 6.03. The number of hydrogen-bond donors (Lipinski definition) is 1. The van der Waals surface area contributed by atoms with Gasteiger partial charge in [-0.3, -0.25) is 14.4 Å². The van der Waals surface area contributed by atoms with Crippen LogP contribution < -0.4 is 5.32 Å². The Hall–Kier alpha value is -3.41. The molecular weight excluding hydrogens is 380 g/mol. The van der Waals surface area contributed by atoms with Gasteiger partial charge in [-0.2, -0.15) is 0 Å². The molecule has 0 aromatic heterocycles. The van der Waals surface area contributed by atoms with Crippen LogP contribution in [0.15, 0.2) is 60.7 Å². The minimum Gasteiger partial charge on any atom is -0.466 e. The molecule has 2 aliphatic rings. The van der Waals surface area contributed by atoms with Crippen LogP contribution in [0.1, 0.15) is 30.9 Å². The van der Waals surface area contributed by atoms with Crippen molar-refractivity contribution in [3.63, 3.8) is 0 Å². The number of rotatable bonds is 4. The Morgan fingerprint density at radius 1 is 1.17 bits per heavy atom. The van der Waals surface area contributed by atoms with E-state index in [1.165, 1.54) is 11.0 Å². The normalized spacial score (nSPS) is 24.9. The highest BCUT2D eigenvalue weighted by molar-refractivity contribution is 6.07. The molecule has 6 nitrogen and oxygen atoms in total. The number of benzene rings is 2. The molecule has 30 heavy (non-hydrogen) atoms. The molecule has 1 N–H and O–H groups in total. The number of hydrogen-bond acceptors (Lipinski definition) is 4.